The van der Waals surface area contributed by atoms with Crippen molar-refractivity contribution in [2.45, 2.75) is 13.0 Å². The molecule has 1 unspecified atom stereocenters. The minimum Gasteiger partial charge on any atom is -0.336 e. The highest BCUT2D eigenvalue weighted by atomic mass is 19.1. The monoisotopic (exact) mass is 234 g/mol. The first-order valence-corrected chi connectivity index (χ1v) is 5.33. The summed E-state index contributed by atoms with van der Waals surface area (Å²) in [6, 6.07) is 4.79. The fraction of sp³-hybridized carbons (Fsp3) is 0.250. The van der Waals surface area contributed by atoms with Gasteiger partial charge in [-0.15, -0.1) is 0 Å². The highest BCUT2D eigenvalue weighted by Crippen LogP contribution is 2.23. The van der Waals surface area contributed by atoms with Crippen molar-refractivity contribution in [2.75, 3.05) is 0 Å². The molecule has 0 fully saturated rings. The predicted octanol–water partition coefficient (Wildman–Crippen LogP) is 1.42. The number of halogens is 1. The van der Waals surface area contributed by atoms with Crippen LogP contribution >= 0.6 is 0 Å². The zero-order valence-corrected chi connectivity index (χ0v) is 9.81. The van der Waals surface area contributed by atoms with Crippen LogP contribution in [0.3, 0.4) is 0 Å². The third kappa shape index (κ3) is 2.07. The summed E-state index contributed by atoms with van der Waals surface area (Å²) in [5, 5.41) is 0. The fourth-order valence-electron chi connectivity index (χ4n) is 1.85. The number of hydrogen-bond acceptors (Lipinski definition) is 3. The molecule has 0 saturated heterocycles. The number of nitrogens with zero attached hydrogens (tertiary/aromatic N) is 2. The van der Waals surface area contributed by atoms with Gasteiger partial charge in [-0.05, 0) is 12.5 Å². The van der Waals surface area contributed by atoms with Crippen LogP contribution in [0.1, 0.15) is 23.0 Å². The van der Waals surface area contributed by atoms with E-state index in [1.54, 1.807) is 37.5 Å². The first-order valence-electron chi connectivity index (χ1n) is 5.33. The van der Waals surface area contributed by atoms with Crippen molar-refractivity contribution in [1.82, 2.24) is 15.0 Å². The number of nitrogens with one attached hydrogen (secondary N) is 1. The minimum atomic E-state index is -0.449. The number of aryl methyl sites for hydroxylation is 2. The Bertz CT molecular complexity index is 521. The van der Waals surface area contributed by atoms with Gasteiger partial charge in [-0.2, -0.15) is 0 Å². The molecule has 2 rings (SSSR count). The van der Waals surface area contributed by atoms with Crippen molar-refractivity contribution < 1.29 is 4.39 Å². The Labute approximate surface area is 99.2 Å². The van der Waals surface area contributed by atoms with Crippen LogP contribution in [-0.4, -0.2) is 9.55 Å². The molecule has 1 aromatic carbocycles. The molecule has 0 radical (unpaired) electrons. The lowest BCUT2D eigenvalue weighted by molar-refractivity contribution is 0.529. The van der Waals surface area contributed by atoms with E-state index < -0.39 is 6.04 Å². The zero-order valence-electron chi connectivity index (χ0n) is 9.81. The van der Waals surface area contributed by atoms with Crippen LogP contribution in [0.25, 0.3) is 0 Å². The maximum atomic E-state index is 14.0. The van der Waals surface area contributed by atoms with E-state index in [4.69, 9.17) is 5.84 Å². The predicted molar refractivity (Wildman–Crippen MR) is 63.5 cm³/mol. The molecular formula is C12H15FN4. The van der Waals surface area contributed by atoms with Gasteiger partial charge in [-0.25, -0.2) is 14.8 Å². The molecule has 1 atom stereocenters. The van der Waals surface area contributed by atoms with Gasteiger partial charge in [0.1, 0.15) is 17.7 Å². The number of aromatic nitrogens is 2. The zero-order chi connectivity index (χ0) is 12.4. The average molecular weight is 234 g/mol. The highest BCUT2D eigenvalue weighted by Gasteiger charge is 2.20. The lowest BCUT2D eigenvalue weighted by atomic mass is 10.0. The molecule has 17 heavy (non-hydrogen) atoms. The van der Waals surface area contributed by atoms with Crippen LogP contribution in [0.2, 0.25) is 0 Å². The third-order valence-electron chi connectivity index (χ3n) is 2.82. The van der Waals surface area contributed by atoms with Crippen LogP contribution in [-0.2, 0) is 7.05 Å². The van der Waals surface area contributed by atoms with E-state index in [1.165, 1.54) is 0 Å². The van der Waals surface area contributed by atoms with Crippen LogP contribution in [0, 0.1) is 12.7 Å². The molecule has 1 heterocycles. The second-order valence-electron chi connectivity index (χ2n) is 3.97. The number of hydrogen-bond donors (Lipinski definition) is 2. The van der Waals surface area contributed by atoms with Crippen molar-refractivity contribution in [3.8, 4) is 0 Å². The summed E-state index contributed by atoms with van der Waals surface area (Å²) < 4.78 is 15.8. The van der Waals surface area contributed by atoms with Gasteiger partial charge in [-0.1, -0.05) is 18.2 Å². The van der Waals surface area contributed by atoms with Gasteiger partial charge < -0.3 is 4.57 Å². The van der Waals surface area contributed by atoms with Gasteiger partial charge in [-0.3, -0.25) is 5.84 Å². The van der Waals surface area contributed by atoms with Crippen LogP contribution in [0.5, 0.6) is 0 Å². The van der Waals surface area contributed by atoms with E-state index in [9.17, 15) is 4.39 Å². The first-order chi connectivity index (χ1) is 8.15. The normalized spacial score (nSPS) is 12.7. The first kappa shape index (κ1) is 11.8. The number of imidazole rings is 1. The van der Waals surface area contributed by atoms with E-state index in [0.717, 1.165) is 0 Å². The van der Waals surface area contributed by atoms with Crippen molar-refractivity contribution in [3.63, 3.8) is 0 Å². The van der Waals surface area contributed by atoms with Crippen molar-refractivity contribution >= 4 is 0 Å². The Hall–Kier alpha value is -1.72. The van der Waals surface area contributed by atoms with Crippen LogP contribution in [0.4, 0.5) is 4.39 Å². The summed E-state index contributed by atoms with van der Waals surface area (Å²) in [6.07, 6.45) is 3.46. The van der Waals surface area contributed by atoms with Gasteiger partial charge >= 0.3 is 0 Å². The summed E-state index contributed by atoms with van der Waals surface area (Å²) in [4.78, 5) is 4.19. The summed E-state index contributed by atoms with van der Waals surface area (Å²) >= 11 is 0. The van der Waals surface area contributed by atoms with Gasteiger partial charge in [0.15, 0.2) is 0 Å². The van der Waals surface area contributed by atoms with E-state index in [1.807, 2.05) is 11.6 Å². The SMILES string of the molecule is Cc1cccc(C(NN)c2nccn2C)c1F. The fourth-order valence-corrected chi connectivity index (χ4v) is 1.85. The molecule has 0 aliphatic heterocycles. The third-order valence-corrected chi connectivity index (χ3v) is 2.82. The number of rotatable bonds is 3. The van der Waals surface area contributed by atoms with E-state index >= 15 is 0 Å². The molecule has 0 aliphatic carbocycles. The molecule has 0 bridgehead atoms. The molecule has 4 nitrogen and oxygen atoms in total. The quantitative estimate of drug-likeness (QED) is 0.624. The van der Waals surface area contributed by atoms with Gasteiger partial charge in [0.05, 0.1) is 0 Å². The Morgan fingerprint density at radius 2 is 2.24 bits per heavy atom. The van der Waals surface area contributed by atoms with Gasteiger partial charge in [0.2, 0.25) is 0 Å². The molecular weight excluding hydrogens is 219 g/mol. The Balaban J connectivity index is 2.50. The van der Waals surface area contributed by atoms with Gasteiger partial charge in [0, 0.05) is 25.0 Å². The van der Waals surface area contributed by atoms with E-state index in [0.29, 0.717) is 17.0 Å². The lowest BCUT2D eigenvalue weighted by Gasteiger charge is -2.17. The molecule has 5 heteroatoms. The molecule has 2 aromatic rings. The van der Waals surface area contributed by atoms with Crippen molar-refractivity contribution in [1.29, 1.82) is 0 Å². The maximum absolute atomic E-state index is 14.0. The molecule has 3 N–H and O–H groups in total. The standard InChI is InChI=1S/C12H15FN4/c1-8-4-3-5-9(10(8)13)11(16-14)12-15-6-7-17(12)2/h3-7,11,16H,14H2,1-2H3. The summed E-state index contributed by atoms with van der Waals surface area (Å²) in [5.41, 5.74) is 3.70. The van der Waals surface area contributed by atoms with Gasteiger partial charge in [0.25, 0.3) is 0 Å². The molecule has 0 spiro atoms. The minimum absolute atomic E-state index is 0.251. The second-order valence-corrected chi connectivity index (χ2v) is 3.97. The van der Waals surface area contributed by atoms with E-state index in [2.05, 4.69) is 10.4 Å². The topological polar surface area (TPSA) is 55.9 Å². The Morgan fingerprint density at radius 1 is 1.47 bits per heavy atom. The number of nitrogens with two attached hydrogens (primary N) is 1. The van der Waals surface area contributed by atoms with Crippen LogP contribution < -0.4 is 11.3 Å². The molecule has 1 aromatic heterocycles. The summed E-state index contributed by atoms with van der Waals surface area (Å²) in [7, 11) is 1.85. The van der Waals surface area contributed by atoms with E-state index in [-0.39, 0.29) is 5.82 Å². The molecule has 90 valence electrons. The second kappa shape index (κ2) is 4.65. The Morgan fingerprint density at radius 3 is 2.82 bits per heavy atom. The largest absolute Gasteiger partial charge is 0.336 e. The number of hydrazine groups is 1. The van der Waals surface area contributed by atoms with Crippen molar-refractivity contribution in [2.24, 2.45) is 12.9 Å². The smallest absolute Gasteiger partial charge is 0.131 e. The summed E-state index contributed by atoms with van der Waals surface area (Å²) in [5.74, 6) is 5.94. The molecule has 0 saturated carbocycles. The van der Waals surface area contributed by atoms with Crippen molar-refractivity contribution in [3.05, 3.63) is 53.4 Å². The average Bonchev–Trinajstić information content (AvgIpc) is 2.72. The van der Waals surface area contributed by atoms with Crippen LogP contribution in [0.15, 0.2) is 30.6 Å². The Kier molecular flexibility index (Phi) is 3.21. The molecule has 0 amide bonds. The lowest BCUT2D eigenvalue weighted by Crippen LogP contribution is -2.31. The maximum Gasteiger partial charge on any atom is 0.131 e. The number of benzene rings is 1. The highest BCUT2D eigenvalue weighted by molar-refractivity contribution is 5.31. The summed E-state index contributed by atoms with van der Waals surface area (Å²) in [6.45, 7) is 1.73. The molecule has 0 aliphatic rings.